The minimum Gasteiger partial charge on any atom is -0.319 e. The lowest BCUT2D eigenvalue weighted by Crippen LogP contribution is -2.18. The lowest BCUT2D eigenvalue weighted by molar-refractivity contribution is 0.545. The van der Waals surface area contributed by atoms with E-state index in [-0.39, 0.29) is 5.02 Å². The van der Waals surface area contributed by atoms with Crippen LogP contribution in [-0.2, 0) is 6.54 Å². The van der Waals surface area contributed by atoms with Gasteiger partial charge in [0.1, 0.15) is 5.82 Å². The minimum absolute atomic E-state index is 0.0875. The predicted octanol–water partition coefficient (Wildman–Crippen LogP) is 3.13. The molecule has 0 aliphatic rings. The SMILES string of the molecule is CCCn1nccc1C(N)c1cccc(Cl)c1F. The van der Waals surface area contributed by atoms with Crippen molar-refractivity contribution in [3.05, 3.63) is 52.6 Å². The van der Waals surface area contributed by atoms with Gasteiger partial charge in [-0.05, 0) is 18.6 Å². The molecule has 0 saturated heterocycles. The molecule has 96 valence electrons. The summed E-state index contributed by atoms with van der Waals surface area (Å²) in [6.45, 7) is 2.81. The molecular formula is C13H15ClFN3. The van der Waals surface area contributed by atoms with Gasteiger partial charge in [0, 0.05) is 18.3 Å². The third-order valence-electron chi connectivity index (χ3n) is 2.82. The van der Waals surface area contributed by atoms with Gasteiger partial charge in [0.15, 0.2) is 0 Å². The summed E-state index contributed by atoms with van der Waals surface area (Å²) in [4.78, 5) is 0. The van der Waals surface area contributed by atoms with Crippen molar-refractivity contribution in [3.63, 3.8) is 0 Å². The molecule has 1 atom stereocenters. The van der Waals surface area contributed by atoms with Crippen LogP contribution in [0.4, 0.5) is 4.39 Å². The van der Waals surface area contributed by atoms with Gasteiger partial charge in [-0.15, -0.1) is 0 Å². The van der Waals surface area contributed by atoms with E-state index < -0.39 is 11.9 Å². The highest BCUT2D eigenvalue weighted by Gasteiger charge is 2.18. The Kier molecular flexibility index (Phi) is 3.99. The molecule has 0 amide bonds. The summed E-state index contributed by atoms with van der Waals surface area (Å²) in [5.41, 5.74) is 7.28. The van der Waals surface area contributed by atoms with E-state index in [1.54, 1.807) is 29.1 Å². The number of benzene rings is 1. The first-order chi connectivity index (χ1) is 8.65. The average Bonchev–Trinajstić information content (AvgIpc) is 2.80. The topological polar surface area (TPSA) is 43.8 Å². The number of hydrogen-bond acceptors (Lipinski definition) is 2. The number of nitrogens with two attached hydrogens (primary N) is 1. The quantitative estimate of drug-likeness (QED) is 0.925. The summed E-state index contributed by atoms with van der Waals surface area (Å²) in [6.07, 6.45) is 2.62. The van der Waals surface area contributed by atoms with E-state index in [0.29, 0.717) is 5.56 Å². The van der Waals surface area contributed by atoms with Gasteiger partial charge < -0.3 is 5.73 Å². The van der Waals surface area contributed by atoms with Gasteiger partial charge in [-0.2, -0.15) is 5.10 Å². The largest absolute Gasteiger partial charge is 0.319 e. The molecule has 2 rings (SSSR count). The van der Waals surface area contributed by atoms with Gasteiger partial charge in [-0.1, -0.05) is 30.7 Å². The number of halogens is 2. The van der Waals surface area contributed by atoms with Crippen molar-refractivity contribution in [2.75, 3.05) is 0 Å². The fraction of sp³-hybridized carbons (Fsp3) is 0.308. The highest BCUT2D eigenvalue weighted by Crippen LogP contribution is 2.26. The van der Waals surface area contributed by atoms with E-state index in [1.807, 2.05) is 0 Å². The van der Waals surface area contributed by atoms with Crippen molar-refractivity contribution in [1.29, 1.82) is 0 Å². The molecule has 0 saturated carbocycles. The number of nitrogens with zero attached hydrogens (tertiary/aromatic N) is 2. The summed E-state index contributed by atoms with van der Waals surface area (Å²) < 4.78 is 15.7. The fourth-order valence-electron chi connectivity index (χ4n) is 1.93. The molecule has 0 spiro atoms. The van der Waals surface area contributed by atoms with Crippen molar-refractivity contribution in [1.82, 2.24) is 9.78 Å². The summed E-state index contributed by atoms with van der Waals surface area (Å²) in [5.74, 6) is -0.462. The number of hydrogen-bond donors (Lipinski definition) is 1. The molecule has 0 fully saturated rings. The van der Waals surface area contributed by atoms with Crippen LogP contribution in [0.3, 0.4) is 0 Å². The molecule has 0 aliphatic carbocycles. The minimum atomic E-state index is -0.558. The molecule has 0 radical (unpaired) electrons. The maximum Gasteiger partial charge on any atom is 0.146 e. The first kappa shape index (κ1) is 13.1. The van der Waals surface area contributed by atoms with Crippen LogP contribution in [-0.4, -0.2) is 9.78 Å². The van der Waals surface area contributed by atoms with Gasteiger partial charge in [-0.3, -0.25) is 4.68 Å². The molecule has 1 aromatic carbocycles. The van der Waals surface area contributed by atoms with E-state index in [9.17, 15) is 4.39 Å². The molecule has 0 aliphatic heterocycles. The molecule has 3 nitrogen and oxygen atoms in total. The average molecular weight is 268 g/mol. The zero-order valence-electron chi connectivity index (χ0n) is 10.1. The van der Waals surface area contributed by atoms with Crippen LogP contribution in [0, 0.1) is 5.82 Å². The van der Waals surface area contributed by atoms with Gasteiger partial charge in [0.05, 0.1) is 16.8 Å². The van der Waals surface area contributed by atoms with Crippen LogP contribution < -0.4 is 5.73 Å². The van der Waals surface area contributed by atoms with Crippen molar-refractivity contribution in [3.8, 4) is 0 Å². The Bertz CT molecular complexity index is 539. The summed E-state index contributed by atoms with van der Waals surface area (Å²) >= 11 is 5.77. The lowest BCUT2D eigenvalue weighted by Gasteiger charge is -2.15. The van der Waals surface area contributed by atoms with Crippen molar-refractivity contribution in [2.24, 2.45) is 5.73 Å². The standard InChI is InChI=1S/C13H15ClFN3/c1-2-8-18-11(6-7-17-18)13(16)9-4-3-5-10(14)12(9)15/h3-7,13H,2,8,16H2,1H3. The maximum absolute atomic E-state index is 13.9. The third kappa shape index (κ3) is 2.40. The Morgan fingerprint density at radius 3 is 2.94 bits per heavy atom. The zero-order chi connectivity index (χ0) is 13.1. The Morgan fingerprint density at radius 2 is 2.22 bits per heavy atom. The number of rotatable bonds is 4. The molecule has 1 aromatic heterocycles. The number of aromatic nitrogens is 2. The van der Waals surface area contributed by atoms with Crippen LogP contribution in [0.5, 0.6) is 0 Å². The van der Waals surface area contributed by atoms with Crippen LogP contribution in [0.1, 0.15) is 30.6 Å². The summed E-state index contributed by atoms with van der Waals surface area (Å²) in [6, 6.07) is 6.10. The van der Waals surface area contributed by atoms with Gasteiger partial charge >= 0.3 is 0 Å². The molecule has 2 N–H and O–H groups in total. The number of aryl methyl sites for hydroxylation is 1. The van der Waals surface area contributed by atoms with Crippen molar-refractivity contribution in [2.45, 2.75) is 25.9 Å². The molecule has 5 heteroatoms. The smallest absolute Gasteiger partial charge is 0.146 e. The predicted molar refractivity (Wildman–Crippen MR) is 70.0 cm³/mol. The van der Waals surface area contributed by atoms with Gasteiger partial charge in [0.2, 0.25) is 0 Å². The van der Waals surface area contributed by atoms with E-state index in [0.717, 1.165) is 18.7 Å². The summed E-state index contributed by atoms with van der Waals surface area (Å²) in [5, 5.41) is 4.27. The van der Waals surface area contributed by atoms with Crippen LogP contribution >= 0.6 is 11.6 Å². The second kappa shape index (κ2) is 5.50. The highest BCUT2D eigenvalue weighted by atomic mass is 35.5. The first-order valence-electron chi connectivity index (χ1n) is 5.86. The Labute approximate surface area is 110 Å². The summed E-state index contributed by atoms with van der Waals surface area (Å²) in [7, 11) is 0. The lowest BCUT2D eigenvalue weighted by atomic mass is 10.0. The molecule has 2 aromatic rings. The fourth-order valence-corrected chi connectivity index (χ4v) is 2.11. The van der Waals surface area contributed by atoms with E-state index in [4.69, 9.17) is 17.3 Å². The molecule has 0 bridgehead atoms. The molecule has 1 unspecified atom stereocenters. The molecular weight excluding hydrogens is 253 g/mol. The maximum atomic E-state index is 13.9. The third-order valence-corrected chi connectivity index (χ3v) is 3.11. The zero-order valence-corrected chi connectivity index (χ0v) is 10.9. The Morgan fingerprint density at radius 1 is 1.44 bits per heavy atom. The second-order valence-electron chi connectivity index (χ2n) is 4.10. The Balaban J connectivity index is 2.38. The van der Waals surface area contributed by atoms with E-state index in [1.165, 1.54) is 6.07 Å². The van der Waals surface area contributed by atoms with Gasteiger partial charge in [0.25, 0.3) is 0 Å². The van der Waals surface area contributed by atoms with Crippen molar-refractivity contribution >= 4 is 11.6 Å². The monoisotopic (exact) mass is 267 g/mol. The second-order valence-corrected chi connectivity index (χ2v) is 4.51. The van der Waals surface area contributed by atoms with Crippen LogP contribution in [0.2, 0.25) is 5.02 Å². The van der Waals surface area contributed by atoms with E-state index >= 15 is 0 Å². The first-order valence-corrected chi connectivity index (χ1v) is 6.24. The normalized spacial score (nSPS) is 12.7. The molecule has 18 heavy (non-hydrogen) atoms. The Hall–Kier alpha value is -1.39. The van der Waals surface area contributed by atoms with Gasteiger partial charge in [-0.25, -0.2) is 4.39 Å². The molecule has 1 heterocycles. The van der Waals surface area contributed by atoms with Crippen molar-refractivity contribution < 1.29 is 4.39 Å². The highest BCUT2D eigenvalue weighted by molar-refractivity contribution is 6.30. The van der Waals surface area contributed by atoms with Crippen LogP contribution in [0.15, 0.2) is 30.5 Å². The van der Waals surface area contributed by atoms with Crippen LogP contribution in [0.25, 0.3) is 0 Å². The van der Waals surface area contributed by atoms with E-state index in [2.05, 4.69) is 12.0 Å².